The Morgan fingerprint density at radius 3 is 2.42 bits per heavy atom. The van der Waals surface area contributed by atoms with Gasteiger partial charge >= 0.3 is 0 Å². The molecule has 0 bridgehead atoms. The number of hydrogen-bond donors (Lipinski definition) is 3. The number of methoxy groups -OCH3 is 1. The lowest BCUT2D eigenvalue weighted by Crippen LogP contribution is -2.12. The van der Waals surface area contributed by atoms with E-state index in [9.17, 15) is 20.1 Å². The van der Waals surface area contributed by atoms with Crippen molar-refractivity contribution in [3.8, 4) is 34.3 Å². The summed E-state index contributed by atoms with van der Waals surface area (Å²) < 4.78 is 15.8. The molecule has 0 unspecified atom stereocenters. The molecule has 3 rings (SSSR count). The molecule has 3 aromatic rings. The van der Waals surface area contributed by atoms with Gasteiger partial charge in [0.2, 0.25) is 11.2 Å². The highest BCUT2D eigenvalue weighted by molar-refractivity contribution is 5.88. The Hall–Kier alpha value is -3.19. The van der Waals surface area contributed by atoms with Gasteiger partial charge in [0.1, 0.15) is 28.2 Å². The Morgan fingerprint density at radius 1 is 1.04 bits per heavy atom. The molecule has 0 aliphatic carbocycles. The number of rotatable bonds is 4. The van der Waals surface area contributed by atoms with Crippen molar-refractivity contribution in [2.24, 2.45) is 0 Å². The topological polar surface area (TPSA) is 109 Å². The monoisotopic (exact) mass is 330 g/mol. The number of aromatic hydroxyl groups is 3. The Balaban J connectivity index is 2.33. The largest absolute Gasteiger partial charge is 0.508 e. The molecule has 7 heteroatoms. The van der Waals surface area contributed by atoms with Gasteiger partial charge in [0.05, 0.1) is 0 Å². The molecule has 0 aliphatic heterocycles. The van der Waals surface area contributed by atoms with Crippen LogP contribution in [-0.4, -0.2) is 29.2 Å². The van der Waals surface area contributed by atoms with E-state index in [1.165, 1.54) is 25.3 Å². The van der Waals surface area contributed by atoms with Crippen LogP contribution in [0.25, 0.3) is 22.3 Å². The number of hydrogen-bond acceptors (Lipinski definition) is 7. The molecule has 0 fully saturated rings. The van der Waals surface area contributed by atoms with Crippen LogP contribution in [0.2, 0.25) is 0 Å². The molecule has 1 heterocycles. The molecule has 0 atom stereocenters. The predicted octanol–water partition coefficient (Wildman–Crippen LogP) is 2.56. The minimum Gasteiger partial charge on any atom is -0.508 e. The molecule has 0 saturated carbocycles. The second-order valence-electron chi connectivity index (χ2n) is 5.03. The molecule has 0 spiro atoms. The first kappa shape index (κ1) is 15.7. The highest BCUT2D eigenvalue weighted by atomic mass is 16.7. The van der Waals surface area contributed by atoms with Gasteiger partial charge in [0, 0.05) is 24.8 Å². The first-order valence-corrected chi connectivity index (χ1v) is 6.95. The molecule has 24 heavy (non-hydrogen) atoms. The van der Waals surface area contributed by atoms with E-state index in [1.807, 2.05) is 0 Å². The summed E-state index contributed by atoms with van der Waals surface area (Å²) in [6.07, 6.45) is 0. The van der Waals surface area contributed by atoms with Gasteiger partial charge in [-0.15, -0.1) is 0 Å². The van der Waals surface area contributed by atoms with Gasteiger partial charge in [0.15, 0.2) is 12.6 Å². The first-order valence-electron chi connectivity index (χ1n) is 6.95. The number of ether oxygens (including phenoxy) is 2. The lowest BCUT2D eigenvalue weighted by molar-refractivity contribution is 0.0498. The molecule has 2 aromatic carbocycles. The lowest BCUT2D eigenvalue weighted by Gasteiger charge is -2.12. The van der Waals surface area contributed by atoms with Gasteiger partial charge in [-0.05, 0) is 24.3 Å². The third kappa shape index (κ3) is 2.72. The molecule has 0 amide bonds. The maximum atomic E-state index is 12.7. The molecule has 0 saturated heterocycles. The van der Waals surface area contributed by atoms with E-state index >= 15 is 0 Å². The summed E-state index contributed by atoms with van der Waals surface area (Å²) in [6, 6.07) is 8.21. The van der Waals surface area contributed by atoms with Crippen molar-refractivity contribution in [3.63, 3.8) is 0 Å². The summed E-state index contributed by atoms with van der Waals surface area (Å²) in [6.45, 7) is -0.194. The Kier molecular flexibility index (Phi) is 4.01. The molecular weight excluding hydrogens is 316 g/mol. The summed E-state index contributed by atoms with van der Waals surface area (Å²) in [4.78, 5) is 12.7. The molecule has 0 aliphatic rings. The normalized spacial score (nSPS) is 10.9. The van der Waals surface area contributed by atoms with E-state index in [2.05, 4.69) is 0 Å². The highest BCUT2D eigenvalue weighted by Gasteiger charge is 2.20. The third-order valence-corrected chi connectivity index (χ3v) is 3.37. The van der Waals surface area contributed by atoms with Crippen LogP contribution in [0.4, 0.5) is 0 Å². The van der Waals surface area contributed by atoms with Crippen molar-refractivity contribution >= 4 is 11.0 Å². The van der Waals surface area contributed by atoms with Crippen LogP contribution in [0.15, 0.2) is 45.6 Å². The van der Waals surface area contributed by atoms with Crippen LogP contribution < -0.4 is 10.2 Å². The molecule has 3 N–H and O–H groups in total. The van der Waals surface area contributed by atoms with Crippen molar-refractivity contribution in [1.29, 1.82) is 0 Å². The fourth-order valence-corrected chi connectivity index (χ4v) is 2.32. The number of benzene rings is 2. The fourth-order valence-electron chi connectivity index (χ4n) is 2.32. The average molecular weight is 330 g/mol. The van der Waals surface area contributed by atoms with Gasteiger partial charge in [-0.1, -0.05) is 0 Å². The van der Waals surface area contributed by atoms with Gasteiger partial charge in [-0.2, -0.15) is 0 Å². The smallest absolute Gasteiger partial charge is 0.239 e. The maximum Gasteiger partial charge on any atom is 0.239 e. The Labute approximate surface area is 135 Å². The lowest BCUT2D eigenvalue weighted by atomic mass is 10.1. The second-order valence-corrected chi connectivity index (χ2v) is 5.03. The van der Waals surface area contributed by atoms with E-state index < -0.39 is 11.2 Å². The highest BCUT2D eigenvalue weighted by Crippen LogP contribution is 2.35. The molecule has 7 nitrogen and oxygen atoms in total. The van der Waals surface area contributed by atoms with Crippen molar-refractivity contribution in [2.45, 2.75) is 0 Å². The number of phenols is 3. The SMILES string of the molecule is COCOc1c(-c2ccc(O)cc2)oc2cc(O)cc(O)c2c1=O. The zero-order chi connectivity index (χ0) is 17.3. The van der Waals surface area contributed by atoms with Crippen molar-refractivity contribution in [2.75, 3.05) is 13.9 Å². The quantitative estimate of drug-likeness (QED) is 0.631. The van der Waals surface area contributed by atoms with Crippen LogP contribution in [0.1, 0.15) is 0 Å². The van der Waals surface area contributed by atoms with E-state index in [1.54, 1.807) is 12.1 Å². The summed E-state index contributed by atoms with van der Waals surface area (Å²) >= 11 is 0. The Bertz CT molecular complexity index is 942. The van der Waals surface area contributed by atoms with Crippen LogP contribution in [-0.2, 0) is 4.74 Å². The summed E-state index contributed by atoms with van der Waals surface area (Å²) in [5.74, 6) is -0.661. The van der Waals surface area contributed by atoms with E-state index in [0.29, 0.717) is 5.56 Å². The van der Waals surface area contributed by atoms with Gasteiger partial charge in [0.25, 0.3) is 0 Å². The Morgan fingerprint density at radius 2 is 1.75 bits per heavy atom. The van der Waals surface area contributed by atoms with Gasteiger partial charge in [-0.25, -0.2) is 0 Å². The number of phenolic OH excluding ortho intramolecular Hbond substituents is 3. The minimum absolute atomic E-state index is 0.00495. The van der Waals surface area contributed by atoms with Crippen LogP contribution in [0.3, 0.4) is 0 Å². The van der Waals surface area contributed by atoms with Crippen molar-refractivity contribution in [3.05, 3.63) is 46.6 Å². The first-order chi connectivity index (χ1) is 11.5. The van der Waals surface area contributed by atoms with E-state index in [-0.39, 0.29) is 40.8 Å². The maximum absolute atomic E-state index is 12.7. The zero-order valence-corrected chi connectivity index (χ0v) is 12.6. The van der Waals surface area contributed by atoms with Crippen LogP contribution in [0.5, 0.6) is 23.0 Å². The standard InChI is InChI=1S/C17H14O7/c1-22-8-23-17-15(21)14-12(20)6-11(19)7-13(14)24-16(17)9-2-4-10(18)5-3-9/h2-7,18-20H,8H2,1H3. The van der Waals surface area contributed by atoms with Gasteiger partial charge in [-0.3, -0.25) is 4.79 Å². The van der Waals surface area contributed by atoms with Crippen LogP contribution >= 0.6 is 0 Å². The van der Waals surface area contributed by atoms with E-state index in [4.69, 9.17) is 13.9 Å². The molecule has 1 aromatic heterocycles. The second kappa shape index (κ2) is 6.13. The molecule has 124 valence electrons. The fraction of sp³-hybridized carbons (Fsp3) is 0.118. The average Bonchev–Trinajstić information content (AvgIpc) is 2.53. The summed E-state index contributed by atoms with van der Waals surface area (Å²) in [5, 5.41) is 28.8. The minimum atomic E-state index is -0.603. The summed E-state index contributed by atoms with van der Waals surface area (Å²) in [5.41, 5.74) is -0.125. The van der Waals surface area contributed by atoms with Gasteiger partial charge < -0.3 is 29.2 Å². The number of fused-ring (bicyclic) bond motifs is 1. The zero-order valence-electron chi connectivity index (χ0n) is 12.6. The van der Waals surface area contributed by atoms with Crippen molar-refractivity contribution in [1.82, 2.24) is 0 Å². The third-order valence-electron chi connectivity index (χ3n) is 3.37. The van der Waals surface area contributed by atoms with Crippen molar-refractivity contribution < 1.29 is 29.2 Å². The molecular formula is C17H14O7. The summed E-state index contributed by atoms with van der Waals surface area (Å²) in [7, 11) is 1.40. The predicted molar refractivity (Wildman–Crippen MR) is 85.4 cm³/mol. The van der Waals surface area contributed by atoms with E-state index in [0.717, 1.165) is 6.07 Å². The van der Waals surface area contributed by atoms with Crippen LogP contribution in [0, 0.1) is 0 Å². The molecule has 0 radical (unpaired) electrons.